The zero-order valence-corrected chi connectivity index (χ0v) is 14.2. The number of hydrogen-bond acceptors (Lipinski definition) is 2. The summed E-state index contributed by atoms with van der Waals surface area (Å²) in [5.74, 6) is 0. The molecule has 1 rings (SSSR count). The maximum atomic E-state index is 6.36. The zero-order chi connectivity index (χ0) is 15.0. The van der Waals surface area contributed by atoms with Crippen molar-refractivity contribution >= 4 is 11.6 Å². The predicted molar refractivity (Wildman–Crippen MR) is 87.4 cm³/mol. The number of aromatic nitrogens is 2. The van der Waals surface area contributed by atoms with Crippen molar-refractivity contribution in [1.82, 2.24) is 15.1 Å². The second-order valence-electron chi connectivity index (χ2n) is 5.73. The molecule has 1 aromatic rings. The summed E-state index contributed by atoms with van der Waals surface area (Å²) in [6, 6.07) is 0.665. The van der Waals surface area contributed by atoms with E-state index in [2.05, 4.69) is 42.8 Å². The largest absolute Gasteiger partial charge is 0.309 e. The lowest BCUT2D eigenvalue weighted by Gasteiger charge is -2.21. The Kier molecular flexibility index (Phi) is 8.24. The molecule has 3 nitrogen and oxygen atoms in total. The van der Waals surface area contributed by atoms with E-state index in [1.807, 2.05) is 0 Å². The van der Waals surface area contributed by atoms with Gasteiger partial charge >= 0.3 is 0 Å². The molecular formula is C16H30ClN3. The molecule has 0 fully saturated rings. The van der Waals surface area contributed by atoms with E-state index in [9.17, 15) is 0 Å². The average Bonchev–Trinajstić information content (AvgIpc) is 2.79. The van der Waals surface area contributed by atoms with Gasteiger partial charge < -0.3 is 5.32 Å². The van der Waals surface area contributed by atoms with Gasteiger partial charge in [-0.15, -0.1) is 0 Å². The van der Waals surface area contributed by atoms with Crippen LogP contribution in [-0.2, 0) is 0 Å². The summed E-state index contributed by atoms with van der Waals surface area (Å²) in [7, 11) is 0. The molecule has 1 heterocycles. The van der Waals surface area contributed by atoms with Gasteiger partial charge in [-0.2, -0.15) is 5.10 Å². The smallest absolute Gasteiger partial charge is 0.0834 e. The first kappa shape index (κ1) is 17.5. The van der Waals surface area contributed by atoms with Gasteiger partial charge in [-0.3, -0.25) is 4.68 Å². The number of nitrogens with zero attached hydrogens (tertiary/aromatic N) is 2. The minimum atomic E-state index is 0.319. The summed E-state index contributed by atoms with van der Waals surface area (Å²) < 4.78 is 2.06. The molecule has 20 heavy (non-hydrogen) atoms. The maximum absolute atomic E-state index is 6.36. The fraction of sp³-hybridized carbons (Fsp3) is 0.812. The average molecular weight is 300 g/mol. The molecule has 4 heteroatoms. The van der Waals surface area contributed by atoms with Gasteiger partial charge in [0, 0.05) is 6.04 Å². The molecule has 1 atom stereocenters. The quantitative estimate of drug-likeness (QED) is 0.607. The summed E-state index contributed by atoms with van der Waals surface area (Å²) in [5, 5.41) is 8.78. The summed E-state index contributed by atoms with van der Waals surface area (Å²) >= 11 is 6.36. The first-order chi connectivity index (χ1) is 9.61. The van der Waals surface area contributed by atoms with E-state index < -0.39 is 0 Å². The molecule has 1 unspecified atom stereocenters. The standard InChI is InChI=1S/C16H30ClN3/c1-5-7-8-9-10-11-15(18-6-2)16-14(17)12-19-20(16)13(3)4/h12-13,15,18H,5-11H2,1-4H3. The lowest BCUT2D eigenvalue weighted by molar-refractivity contribution is 0.420. The van der Waals surface area contributed by atoms with Gasteiger partial charge in [0.1, 0.15) is 0 Å². The van der Waals surface area contributed by atoms with Crippen LogP contribution < -0.4 is 5.32 Å². The topological polar surface area (TPSA) is 29.9 Å². The molecule has 116 valence electrons. The Morgan fingerprint density at radius 3 is 2.50 bits per heavy atom. The second kappa shape index (κ2) is 9.41. The molecule has 0 radical (unpaired) electrons. The highest BCUT2D eigenvalue weighted by Crippen LogP contribution is 2.29. The van der Waals surface area contributed by atoms with Crippen LogP contribution in [-0.4, -0.2) is 16.3 Å². The van der Waals surface area contributed by atoms with Crippen molar-refractivity contribution in [2.24, 2.45) is 0 Å². The Hall–Kier alpha value is -0.540. The Morgan fingerprint density at radius 1 is 1.20 bits per heavy atom. The lowest BCUT2D eigenvalue weighted by atomic mass is 10.0. The SMILES string of the molecule is CCCCCCCC(NCC)c1c(Cl)cnn1C(C)C. The molecule has 0 bridgehead atoms. The Balaban J connectivity index is 2.67. The van der Waals surface area contributed by atoms with Crippen molar-refractivity contribution in [3.8, 4) is 0 Å². The fourth-order valence-electron chi connectivity index (χ4n) is 2.62. The molecule has 0 aliphatic carbocycles. The monoisotopic (exact) mass is 299 g/mol. The van der Waals surface area contributed by atoms with Gasteiger partial charge in [-0.25, -0.2) is 0 Å². The van der Waals surface area contributed by atoms with Crippen LogP contribution in [0.3, 0.4) is 0 Å². The predicted octanol–water partition coefficient (Wildman–Crippen LogP) is 5.13. The molecule has 0 aliphatic rings. The first-order valence-electron chi connectivity index (χ1n) is 8.08. The number of halogens is 1. The fourth-order valence-corrected chi connectivity index (χ4v) is 2.88. The third-order valence-corrected chi connectivity index (χ3v) is 3.94. The molecular weight excluding hydrogens is 270 g/mol. The number of rotatable bonds is 10. The van der Waals surface area contributed by atoms with Crippen LogP contribution in [0.1, 0.15) is 84.0 Å². The molecule has 1 N–H and O–H groups in total. The van der Waals surface area contributed by atoms with Gasteiger partial charge in [0.2, 0.25) is 0 Å². The van der Waals surface area contributed by atoms with Gasteiger partial charge in [0.15, 0.2) is 0 Å². The summed E-state index contributed by atoms with van der Waals surface area (Å²) in [6.45, 7) is 9.66. The molecule has 0 aliphatic heterocycles. The van der Waals surface area contributed by atoms with Gasteiger partial charge in [0.25, 0.3) is 0 Å². The van der Waals surface area contributed by atoms with Crippen molar-refractivity contribution in [3.63, 3.8) is 0 Å². The third kappa shape index (κ3) is 5.10. The number of hydrogen-bond donors (Lipinski definition) is 1. The van der Waals surface area contributed by atoms with E-state index >= 15 is 0 Å². The summed E-state index contributed by atoms with van der Waals surface area (Å²) in [6.07, 6.45) is 9.44. The Bertz CT molecular complexity index is 374. The Labute approximate surface area is 129 Å². The van der Waals surface area contributed by atoms with Crippen molar-refractivity contribution in [3.05, 3.63) is 16.9 Å². The van der Waals surface area contributed by atoms with Crippen LogP contribution >= 0.6 is 11.6 Å². The third-order valence-electron chi connectivity index (χ3n) is 3.65. The minimum Gasteiger partial charge on any atom is -0.309 e. The van der Waals surface area contributed by atoms with Crippen molar-refractivity contribution in [2.75, 3.05) is 6.54 Å². The molecule has 0 amide bonds. The zero-order valence-electron chi connectivity index (χ0n) is 13.5. The highest BCUT2D eigenvalue weighted by Gasteiger charge is 2.20. The molecule has 0 aromatic carbocycles. The number of nitrogens with one attached hydrogen (secondary N) is 1. The highest BCUT2D eigenvalue weighted by atomic mass is 35.5. The van der Waals surface area contributed by atoms with Crippen molar-refractivity contribution in [1.29, 1.82) is 0 Å². The molecule has 0 spiro atoms. The Morgan fingerprint density at radius 2 is 1.90 bits per heavy atom. The summed E-state index contributed by atoms with van der Waals surface area (Å²) in [5.41, 5.74) is 1.15. The number of unbranched alkanes of at least 4 members (excludes halogenated alkanes) is 4. The maximum Gasteiger partial charge on any atom is 0.0834 e. The van der Waals surface area contributed by atoms with Crippen LogP contribution in [0.5, 0.6) is 0 Å². The first-order valence-corrected chi connectivity index (χ1v) is 8.45. The lowest BCUT2D eigenvalue weighted by Crippen LogP contribution is -2.25. The van der Waals surface area contributed by atoms with Crippen LogP contribution in [0.25, 0.3) is 0 Å². The van der Waals surface area contributed by atoms with Crippen LogP contribution in [0.4, 0.5) is 0 Å². The van der Waals surface area contributed by atoms with Crippen molar-refractivity contribution < 1.29 is 0 Å². The van der Waals surface area contributed by atoms with Crippen molar-refractivity contribution in [2.45, 2.75) is 78.3 Å². The van der Waals surface area contributed by atoms with Gasteiger partial charge in [-0.1, -0.05) is 57.6 Å². The van der Waals surface area contributed by atoms with Gasteiger partial charge in [0.05, 0.1) is 23.0 Å². The van der Waals surface area contributed by atoms with Crippen LogP contribution in [0.15, 0.2) is 6.20 Å². The normalized spacial score (nSPS) is 13.1. The molecule has 1 aromatic heterocycles. The minimum absolute atomic E-state index is 0.319. The van der Waals surface area contributed by atoms with E-state index in [4.69, 9.17) is 11.6 Å². The van der Waals surface area contributed by atoms with Crippen LogP contribution in [0.2, 0.25) is 5.02 Å². The molecule has 0 saturated carbocycles. The van der Waals surface area contributed by atoms with E-state index in [0.717, 1.165) is 23.7 Å². The van der Waals surface area contributed by atoms with Crippen LogP contribution in [0, 0.1) is 0 Å². The van der Waals surface area contributed by atoms with Gasteiger partial charge in [-0.05, 0) is 26.8 Å². The highest BCUT2D eigenvalue weighted by molar-refractivity contribution is 6.31. The van der Waals surface area contributed by atoms with E-state index in [1.54, 1.807) is 6.20 Å². The molecule has 0 saturated heterocycles. The van der Waals surface area contributed by atoms with E-state index in [-0.39, 0.29) is 0 Å². The van der Waals surface area contributed by atoms with E-state index in [0.29, 0.717) is 12.1 Å². The van der Waals surface area contributed by atoms with E-state index in [1.165, 1.54) is 32.1 Å². The second-order valence-corrected chi connectivity index (χ2v) is 6.14. The summed E-state index contributed by atoms with van der Waals surface area (Å²) in [4.78, 5) is 0.